The summed E-state index contributed by atoms with van der Waals surface area (Å²) in [5, 5.41) is 0. The maximum Gasteiger partial charge on any atom is 0.276 e. The minimum Gasteiger partial charge on any atom is -0.497 e. The lowest BCUT2D eigenvalue weighted by atomic mass is 10.1. The Kier molecular flexibility index (Phi) is 7.32. The molecule has 0 saturated heterocycles. The first-order valence-corrected chi connectivity index (χ1v) is 8.18. The molecule has 2 N–H and O–H groups in total. The molecule has 2 amide bonds. The van der Waals surface area contributed by atoms with Gasteiger partial charge in [0, 0.05) is 5.56 Å². The van der Waals surface area contributed by atoms with Crippen LogP contribution in [0.25, 0.3) is 0 Å². The Balaban J connectivity index is 1.92. The molecule has 0 fully saturated rings. The molecule has 0 unspecified atom stereocenters. The molecule has 0 aromatic heterocycles. The Hall–Kier alpha value is -3.62. The first-order chi connectivity index (χ1) is 13.5. The summed E-state index contributed by atoms with van der Waals surface area (Å²) in [6.45, 7) is -0.276. The minimum absolute atomic E-state index is 0.214. The lowest BCUT2D eigenvalue weighted by Crippen LogP contribution is -2.43. The molecule has 0 saturated carbocycles. The fourth-order valence-corrected chi connectivity index (χ4v) is 2.27. The summed E-state index contributed by atoms with van der Waals surface area (Å²) in [7, 11) is 5.90. The van der Waals surface area contributed by atoms with Crippen LogP contribution in [0.2, 0.25) is 0 Å². The highest BCUT2D eigenvalue weighted by Crippen LogP contribution is 2.38. The van der Waals surface area contributed by atoms with E-state index in [0.29, 0.717) is 28.7 Å². The van der Waals surface area contributed by atoms with Crippen LogP contribution < -0.4 is 34.5 Å². The topological polar surface area (TPSA) is 104 Å². The Bertz CT molecular complexity index is 797. The Morgan fingerprint density at radius 2 is 1.36 bits per heavy atom. The smallest absolute Gasteiger partial charge is 0.276 e. The quantitative estimate of drug-likeness (QED) is 0.659. The number of rotatable bonds is 8. The minimum atomic E-state index is -0.558. The van der Waals surface area contributed by atoms with Crippen molar-refractivity contribution in [1.29, 1.82) is 0 Å². The van der Waals surface area contributed by atoms with E-state index in [4.69, 9.17) is 23.7 Å². The predicted octanol–water partition coefficient (Wildman–Crippen LogP) is 1.56. The molecule has 0 atom stereocenters. The van der Waals surface area contributed by atoms with Gasteiger partial charge in [-0.25, -0.2) is 0 Å². The van der Waals surface area contributed by atoms with Crippen LogP contribution >= 0.6 is 0 Å². The van der Waals surface area contributed by atoms with Gasteiger partial charge in [-0.05, 0) is 36.4 Å². The molecule has 0 aliphatic rings. The molecule has 9 nitrogen and oxygen atoms in total. The lowest BCUT2D eigenvalue weighted by Gasteiger charge is -2.14. The highest BCUT2D eigenvalue weighted by Gasteiger charge is 2.17. The summed E-state index contributed by atoms with van der Waals surface area (Å²) >= 11 is 0. The molecular weight excluding hydrogens is 368 g/mol. The van der Waals surface area contributed by atoms with Crippen LogP contribution in [0.5, 0.6) is 28.7 Å². The average Bonchev–Trinajstić information content (AvgIpc) is 2.74. The van der Waals surface area contributed by atoms with Crippen molar-refractivity contribution in [2.75, 3.05) is 35.0 Å². The largest absolute Gasteiger partial charge is 0.497 e. The Labute approximate surface area is 162 Å². The van der Waals surface area contributed by atoms with E-state index in [9.17, 15) is 9.59 Å². The van der Waals surface area contributed by atoms with Crippen molar-refractivity contribution in [3.8, 4) is 28.7 Å². The molecule has 2 aromatic carbocycles. The van der Waals surface area contributed by atoms with Crippen molar-refractivity contribution in [3.63, 3.8) is 0 Å². The molecule has 150 valence electrons. The normalized spacial score (nSPS) is 9.86. The molecule has 2 aromatic rings. The van der Waals surface area contributed by atoms with E-state index in [1.165, 1.54) is 33.5 Å². The lowest BCUT2D eigenvalue weighted by molar-refractivity contribution is -0.123. The third kappa shape index (κ3) is 5.19. The number of ether oxygens (including phenoxy) is 5. The van der Waals surface area contributed by atoms with Gasteiger partial charge in [0.1, 0.15) is 11.5 Å². The van der Waals surface area contributed by atoms with E-state index >= 15 is 0 Å². The standard InChI is InChI=1S/C19H22N2O7/c1-24-13-5-7-14(8-6-13)28-11-17(22)20-21-19(23)12-9-15(25-2)18(27-4)16(10-12)26-3/h5-10H,11H2,1-4H3,(H,20,22)(H,21,23). The molecule has 0 radical (unpaired) electrons. The molecule has 9 heteroatoms. The summed E-state index contributed by atoms with van der Waals surface area (Å²) < 4.78 is 26.0. The van der Waals surface area contributed by atoms with E-state index in [-0.39, 0.29) is 12.2 Å². The molecule has 28 heavy (non-hydrogen) atoms. The summed E-state index contributed by atoms with van der Waals surface area (Å²) in [5.41, 5.74) is 4.79. The van der Waals surface area contributed by atoms with Crippen molar-refractivity contribution >= 4 is 11.8 Å². The molecule has 0 heterocycles. The number of amides is 2. The molecule has 2 rings (SSSR count). The van der Waals surface area contributed by atoms with Crippen molar-refractivity contribution in [3.05, 3.63) is 42.0 Å². The zero-order valence-corrected chi connectivity index (χ0v) is 16.0. The number of hydrogen-bond donors (Lipinski definition) is 2. The Morgan fingerprint density at radius 3 is 1.86 bits per heavy atom. The van der Waals surface area contributed by atoms with E-state index < -0.39 is 11.8 Å². The number of benzene rings is 2. The first kappa shape index (κ1) is 20.7. The zero-order chi connectivity index (χ0) is 20.5. The zero-order valence-electron chi connectivity index (χ0n) is 16.0. The fraction of sp³-hybridized carbons (Fsp3) is 0.263. The van der Waals surface area contributed by atoms with E-state index in [2.05, 4.69) is 10.9 Å². The van der Waals surface area contributed by atoms with E-state index in [1.54, 1.807) is 31.4 Å². The highest BCUT2D eigenvalue weighted by atomic mass is 16.5. The SMILES string of the molecule is COc1ccc(OCC(=O)NNC(=O)c2cc(OC)c(OC)c(OC)c2)cc1. The number of methoxy groups -OCH3 is 4. The highest BCUT2D eigenvalue weighted by molar-refractivity contribution is 5.96. The van der Waals surface area contributed by atoms with Crippen molar-refractivity contribution < 1.29 is 33.3 Å². The molecule has 0 bridgehead atoms. The van der Waals surface area contributed by atoms with Gasteiger partial charge in [-0.1, -0.05) is 0 Å². The Morgan fingerprint density at radius 1 is 0.786 bits per heavy atom. The fourth-order valence-electron chi connectivity index (χ4n) is 2.27. The van der Waals surface area contributed by atoms with Crippen LogP contribution in [-0.2, 0) is 4.79 Å². The second kappa shape index (κ2) is 9.91. The summed E-state index contributed by atoms with van der Waals surface area (Å²) in [5.74, 6) is 1.08. The summed E-state index contributed by atoms with van der Waals surface area (Å²) in [4.78, 5) is 24.2. The average molecular weight is 390 g/mol. The van der Waals surface area contributed by atoms with Gasteiger partial charge in [-0.2, -0.15) is 0 Å². The van der Waals surface area contributed by atoms with Crippen LogP contribution in [0, 0.1) is 0 Å². The number of nitrogens with one attached hydrogen (secondary N) is 2. The van der Waals surface area contributed by atoms with Gasteiger partial charge in [-0.15, -0.1) is 0 Å². The third-order valence-electron chi connectivity index (χ3n) is 3.67. The number of carbonyl (C=O) groups is 2. The van der Waals surface area contributed by atoms with Gasteiger partial charge in [-0.3, -0.25) is 20.4 Å². The van der Waals surface area contributed by atoms with Gasteiger partial charge in [0.25, 0.3) is 11.8 Å². The first-order valence-electron chi connectivity index (χ1n) is 8.18. The monoisotopic (exact) mass is 390 g/mol. The van der Waals surface area contributed by atoms with Crippen LogP contribution in [0.15, 0.2) is 36.4 Å². The van der Waals surface area contributed by atoms with Crippen LogP contribution in [0.3, 0.4) is 0 Å². The molecule has 0 aliphatic carbocycles. The second-order valence-corrected chi connectivity index (χ2v) is 5.38. The summed E-state index contributed by atoms with van der Waals surface area (Å²) in [6.07, 6.45) is 0. The van der Waals surface area contributed by atoms with Gasteiger partial charge >= 0.3 is 0 Å². The van der Waals surface area contributed by atoms with E-state index in [0.717, 1.165) is 0 Å². The van der Waals surface area contributed by atoms with Gasteiger partial charge in [0.15, 0.2) is 18.1 Å². The predicted molar refractivity (Wildman–Crippen MR) is 100 cm³/mol. The molecule has 0 aliphatic heterocycles. The van der Waals surface area contributed by atoms with E-state index in [1.807, 2.05) is 0 Å². The van der Waals surface area contributed by atoms with Crippen molar-refractivity contribution in [2.45, 2.75) is 0 Å². The van der Waals surface area contributed by atoms with Crippen molar-refractivity contribution in [1.82, 2.24) is 10.9 Å². The van der Waals surface area contributed by atoms with Gasteiger partial charge < -0.3 is 23.7 Å². The van der Waals surface area contributed by atoms with Crippen LogP contribution in [0.4, 0.5) is 0 Å². The van der Waals surface area contributed by atoms with Crippen molar-refractivity contribution in [2.24, 2.45) is 0 Å². The second-order valence-electron chi connectivity index (χ2n) is 5.38. The van der Waals surface area contributed by atoms with Crippen LogP contribution in [-0.4, -0.2) is 46.9 Å². The summed E-state index contributed by atoms with van der Waals surface area (Å²) in [6, 6.07) is 9.69. The third-order valence-corrected chi connectivity index (χ3v) is 3.67. The molecular formula is C19H22N2O7. The molecule has 0 spiro atoms. The maximum atomic E-state index is 12.3. The van der Waals surface area contributed by atoms with Gasteiger partial charge in [0.2, 0.25) is 5.75 Å². The van der Waals surface area contributed by atoms with Crippen LogP contribution in [0.1, 0.15) is 10.4 Å². The number of carbonyl (C=O) groups excluding carboxylic acids is 2. The number of hydrogen-bond acceptors (Lipinski definition) is 7. The van der Waals surface area contributed by atoms with Gasteiger partial charge in [0.05, 0.1) is 28.4 Å². The maximum absolute atomic E-state index is 12.3. The number of hydrazine groups is 1.